The minimum atomic E-state index is 0.583. The van der Waals surface area contributed by atoms with Crippen LogP contribution in [0.4, 0.5) is 5.69 Å². The Morgan fingerprint density at radius 1 is 0.881 bits per heavy atom. The van der Waals surface area contributed by atoms with Gasteiger partial charge in [0.1, 0.15) is 5.01 Å². The van der Waals surface area contributed by atoms with Gasteiger partial charge in [-0.3, -0.25) is 14.9 Å². The lowest BCUT2D eigenvalue weighted by atomic mass is 10.00. The van der Waals surface area contributed by atoms with Crippen molar-refractivity contribution >= 4 is 39.0 Å². The molecule has 5 aromatic rings. The predicted molar refractivity (Wildman–Crippen MR) is 175 cm³/mol. The van der Waals surface area contributed by atoms with Gasteiger partial charge in [0.25, 0.3) is 0 Å². The second kappa shape index (κ2) is 14.5. The van der Waals surface area contributed by atoms with Crippen LogP contribution in [0.1, 0.15) is 47.8 Å². The van der Waals surface area contributed by atoms with Crippen LogP contribution in [0.2, 0.25) is 0 Å². The zero-order valence-electron chi connectivity index (χ0n) is 24.3. The second-order valence-corrected chi connectivity index (χ2v) is 11.2. The van der Waals surface area contributed by atoms with E-state index in [9.17, 15) is 0 Å². The minimum Gasteiger partial charge on any atom is -0.372 e. The topological polar surface area (TPSA) is 49.5 Å². The van der Waals surface area contributed by atoms with Gasteiger partial charge >= 0.3 is 0 Å². The summed E-state index contributed by atoms with van der Waals surface area (Å²) in [7, 11) is 0. The van der Waals surface area contributed by atoms with Gasteiger partial charge in [0, 0.05) is 44.3 Å². The van der Waals surface area contributed by atoms with Crippen molar-refractivity contribution in [1.29, 1.82) is 0 Å². The van der Waals surface area contributed by atoms with E-state index in [0.29, 0.717) is 5.70 Å². The molecule has 3 aromatic heterocycles. The van der Waals surface area contributed by atoms with E-state index in [4.69, 9.17) is 11.6 Å². The SMILES string of the molecule is [C-]#[N+]/C(=C\c1ccc(N(CC)CC)cc1CCCN(Cc1ccccn1)Cc1ccccn1)c1nc2ccccc2s1. The zero-order chi connectivity index (χ0) is 29.1. The molecule has 0 amide bonds. The summed E-state index contributed by atoms with van der Waals surface area (Å²) in [6.07, 6.45) is 7.59. The third-order valence-corrected chi connectivity index (χ3v) is 8.38. The highest BCUT2D eigenvalue weighted by Gasteiger charge is 2.14. The summed E-state index contributed by atoms with van der Waals surface area (Å²) >= 11 is 1.57. The van der Waals surface area contributed by atoms with Crippen molar-refractivity contribution in [2.24, 2.45) is 0 Å². The number of nitrogens with zero attached hydrogens (tertiary/aromatic N) is 6. The second-order valence-electron chi connectivity index (χ2n) is 10.1. The number of fused-ring (bicyclic) bond motifs is 1. The molecule has 5 rings (SSSR count). The Balaban J connectivity index is 1.40. The number of benzene rings is 2. The third kappa shape index (κ3) is 7.47. The van der Waals surface area contributed by atoms with Gasteiger partial charge in [-0.1, -0.05) is 30.3 Å². The molecule has 0 N–H and O–H groups in total. The van der Waals surface area contributed by atoms with E-state index in [1.54, 1.807) is 11.3 Å². The molecule has 6 nitrogen and oxygen atoms in total. The van der Waals surface area contributed by atoms with Gasteiger partial charge < -0.3 is 4.90 Å². The molecule has 7 heteroatoms. The normalized spacial score (nSPS) is 11.6. The van der Waals surface area contributed by atoms with Gasteiger partial charge in [0.2, 0.25) is 5.70 Å². The van der Waals surface area contributed by atoms with Gasteiger partial charge in [-0.15, -0.1) is 11.3 Å². The fraction of sp³-hybridized carbons (Fsp3) is 0.257. The van der Waals surface area contributed by atoms with Gasteiger partial charge in [-0.25, -0.2) is 9.83 Å². The standard InChI is InChI=1S/C35H36N6S/c1-4-41(5-2)31-19-18-28(24-33(36-3)35-39-32-16-6-7-17-34(32)42-35)27(23-31)13-12-22-40(25-29-14-8-10-20-37-29)26-30-15-9-11-21-38-30/h6-11,14-21,23-24H,4-5,12-13,22,25-26H2,1-2H3/b33-24-. The fourth-order valence-corrected chi connectivity index (χ4v) is 6.08. The van der Waals surface area contributed by atoms with Gasteiger partial charge in [-0.05, 0) is 99.0 Å². The summed E-state index contributed by atoms with van der Waals surface area (Å²) in [5.74, 6) is 0. The van der Waals surface area contributed by atoms with Crippen LogP contribution in [0.25, 0.3) is 26.8 Å². The molecule has 42 heavy (non-hydrogen) atoms. The van der Waals surface area contributed by atoms with Crippen molar-refractivity contribution in [3.63, 3.8) is 0 Å². The molecular formula is C35H36N6S. The molecule has 2 aromatic carbocycles. The number of aromatic nitrogens is 3. The van der Waals surface area contributed by atoms with Crippen LogP contribution in [0, 0.1) is 6.57 Å². The van der Waals surface area contributed by atoms with Gasteiger partial charge in [0.05, 0.1) is 28.2 Å². The van der Waals surface area contributed by atoms with Crippen LogP contribution in [0.3, 0.4) is 0 Å². The number of thiazole rings is 1. The van der Waals surface area contributed by atoms with Crippen molar-refractivity contribution in [2.75, 3.05) is 24.5 Å². The Hall–Kier alpha value is -4.38. The maximum atomic E-state index is 7.97. The first kappa shape index (κ1) is 29.1. The molecule has 0 aliphatic carbocycles. The first-order valence-electron chi connectivity index (χ1n) is 14.5. The molecule has 212 valence electrons. The maximum Gasteiger partial charge on any atom is 0.222 e. The number of aryl methyl sites for hydroxylation is 1. The smallest absolute Gasteiger partial charge is 0.222 e. The first-order chi connectivity index (χ1) is 20.7. The number of rotatable bonds is 13. The average Bonchev–Trinajstić information content (AvgIpc) is 3.46. The zero-order valence-corrected chi connectivity index (χ0v) is 25.1. The van der Waals surface area contributed by atoms with E-state index < -0.39 is 0 Å². The van der Waals surface area contributed by atoms with Crippen molar-refractivity contribution < 1.29 is 0 Å². The molecule has 0 fully saturated rings. The lowest BCUT2D eigenvalue weighted by Gasteiger charge is -2.24. The molecular weight excluding hydrogens is 536 g/mol. The quantitative estimate of drug-likeness (QED) is 0.134. The van der Waals surface area contributed by atoms with E-state index in [1.165, 1.54) is 11.3 Å². The first-order valence-corrected chi connectivity index (χ1v) is 15.3. The van der Waals surface area contributed by atoms with Crippen LogP contribution in [0.5, 0.6) is 0 Å². The highest BCUT2D eigenvalue weighted by molar-refractivity contribution is 7.19. The Morgan fingerprint density at radius 3 is 2.19 bits per heavy atom. The van der Waals surface area contributed by atoms with Crippen molar-refractivity contribution in [2.45, 2.75) is 39.8 Å². The van der Waals surface area contributed by atoms with Crippen molar-refractivity contribution in [1.82, 2.24) is 19.9 Å². The molecule has 0 radical (unpaired) electrons. The summed E-state index contributed by atoms with van der Waals surface area (Å²) in [5.41, 5.74) is 7.17. The largest absolute Gasteiger partial charge is 0.372 e. The van der Waals surface area contributed by atoms with Crippen LogP contribution < -0.4 is 4.90 Å². The molecule has 0 saturated carbocycles. The fourth-order valence-electron chi connectivity index (χ4n) is 5.15. The molecule has 0 aliphatic heterocycles. The van der Waals surface area contributed by atoms with Crippen LogP contribution in [-0.2, 0) is 19.5 Å². The van der Waals surface area contributed by atoms with E-state index in [1.807, 2.05) is 60.9 Å². The van der Waals surface area contributed by atoms with E-state index in [2.05, 4.69) is 74.9 Å². The number of hydrogen-bond acceptors (Lipinski definition) is 6. The molecule has 0 saturated heterocycles. The summed E-state index contributed by atoms with van der Waals surface area (Å²) in [5, 5.41) is 0.766. The van der Waals surface area contributed by atoms with E-state index >= 15 is 0 Å². The Bertz CT molecular complexity index is 1580. The van der Waals surface area contributed by atoms with Gasteiger partial charge in [-0.2, -0.15) is 0 Å². The highest BCUT2D eigenvalue weighted by atomic mass is 32.1. The monoisotopic (exact) mass is 572 g/mol. The Morgan fingerprint density at radius 2 is 1.57 bits per heavy atom. The Kier molecular flexibility index (Phi) is 10.1. The summed E-state index contributed by atoms with van der Waals surface area (Å²) in [6, 6.07) is 26.9. The highest BCUT2D eigenvalue weighted by Crippen LogP contribution is 2.31. The van der Waals surface area contributed by atoms with E-state index in [-0.39, 0.29) is 0 Å². The van der Waals surface area contributed by atoms with Crippen LogP contribution in [-0.4, -0.2) is 39.5 Å². The molecule has 0 aliphatic rings. The minimum absolute atomic E-state index is 0.583. The Labute approximate surface area is 252 Å². The predicted octanol–water partition coefficient (Wildman–Crippen LogP) is 7.98. The van der Waals surface area contributed by atoms with Crippen LogP contribution in [0.15, 0.2) is 91.3 Å². The molecule has 0 bridgehead atoms. The molecule has 3 heterocycles. The maximum absolute atomic E-state index is 7.97. The van der Waals surface area contributed by atoms with Crippen LogP contribution >= 0.6 is 11.3 Å². The molecule has 0 spiro atoms. The number of para-hydroxylation sites is 1. The number of anilines is 1. The average molecular weight is 573 g/mol. The van der Waals surface area contributed by atoms with Gasteiger partial charge in [0.15, 0.2) is 0 Å². The molecule has 0 atom stereocenters. The van der Waals surface area contributed by atoms with Crippen molar-refractivity contribution in [3.05, 3.63) is 130 Å². The lowest BCUT2D eigenvalue weighted by Crippen LogP contribution is -2.25. The van der Waals surface area contributed by atoms with E-state index in [0.717, 1.165) is 77.7 Å². The molecule has 0 unspecified atom stereocenters. The number of pyridine rings is 2. The summed E-state index contributed by atoms with van der Waals surface area (Å²) < 4.78 is 1.10. The van der Waals surface area contributed by atoms with Crippen molar-refractivity contribution in [3.8, 4) is 0 Å². The summed E-state index contributed by atoms with van der Waals surface area (Å²) in [4.78, 5) is 22.6. The third-order valence-electron chi connectivity index (χ3n) is 7.32. The lowest BCUT2D eigenvalue weighted by molar-refractivity contribution is 0.247. The summed E-state index contributed by atoms with van der Waals surface area (Å²) in [6.45, 7) is 16.7. The number of hydrogen-bond donors (Lipinski definition) is 0.